The van der Waals surface area contributed by atoms with Gasteiger partial charge in [-0.15, -0.1) is 0 Å². The molecule has 0 radical (unpaired) electrons. The lowest BCUT2D eigenvalue weighted by molar-refractivity contribution is -0.141. The number of fused-ring (bicyclic) bond motifs is 3. The maximum absolute atomic E-state index is 13.8. The van der Waals surface area contributed by atoms with Gasteiger partial charge < -0.3 is 20.3 Å². The first-order valence-corrected chi connectivity index (χ1v) is 17.1. The van der Waals surface area contributed by atoms with Gasteiger partial charge in [-0.3, -0.25) is 14.4 Å². The number of sulfonamides is 1. The first kappa shape index (κ1) is 32.5. The van der Waals surface area contributed by atoms with E-state index < -0.39 is 57.1 Å². The average molecular weight is 639 g/mol. The van der Waals surface area contributed by atoms with Gasteiger partial charge in [-0.25, -0.2) is 17.9 Å². The predicted octanol–water partition coefficient (Wildman–Crippen LogP) is 3.92. The van der Waals surface area contributed by atoms with Crippen LogP contribution in [0.1, 0.15) is 72.1 Å². The number of hydrogen-bond donors (Lipinski definition) is 3. The van der Waals surface area contributed by atoms with Crippen molar-refractivity contribution in [3.63, 3.8) is 0 Å². The van der Waals surface area contributed by atoms with Crippen LogP contribution in [0.5, 0.6) is 0 Å². The summed E-state index contributed by atoms with van der Waals surface area (Å²) in [5, 5.41) is 6.76. The van der Waals surface area contributed by atoms with Gasteiger partial charge in [0.15, 0.2) is 0 Å². The Kier molecular flexibility index (Phi) is 9.25. The van der Waals surface area contributed by atoms with Crippen LogP contribution in [-0.4, -0.2) is 66.9 Å². The molecule has 1 aliphatic carbocycles. The number of carbonyl (C=O) groups is 4. The highest BCUT2D eigenvalue weighted by atomic mass is 32.2. The topological polar surface area (TPSA) is 151 Å². The average Bonchev–Trinajstić information content (AvgIpc) is 3.43. The van der Waals surface area contributed by atoms with Gasteiger partial charge >= 0.3 is 6.09 Å². The maximum Gasteiger partial charge on any atom is 0.408 e. The molecule has 12 heteroatoms. The number of hydrogen-bond acceptors (Lipinski definition) is 7. The van der Waals surface area contributed by atoms with E-state index in [1.807, 2.05) is 12.2 Å². The highest BCUT2D eigenvalue weighted by Crippen LogP contribution is 2.46. The van der Waals surface area contributed by atoms with Crippen LogP contribution in [0.25, 0.3) is 10.8 Å². The van der Waals surface area contributed by atoms with Crippen molar-refractivity contribution in [2.45, 2.75) is 100 Å². The van der Waals surface area contributed by atoms with Gasteiger partial charge in [0.25, 0.3) is 15.9 Å². The molecule has 11 nitrogen and oxygen atoms in total. The molecule has 0 bridgehead atoms. The van der Waals surface area contributed by atoms with Crippen LogP contribution in [0, 0.1) is 5.92 Å². The molecule has 0 aromatic heterocycles. The van der Waals surface area contributed by atoms with Crippen LogP contribution in [0.4, 0.5) is 4.79 Å². The Labute approximate surface area is 264 Å². The molecule has 3 aliphatic rings. The summed E-state index contributed by atoms with van der Waals surface area (Å²) in [5.74, 6) is -2.12. The molecule has 1 saturated heterocycles. The molecular formula is C33H42N4O7S. The number of benzene rings is 2. The van der Waals surface area contributed by atoms with Crippen molar-refractivity contribution in [3.8, 4) is 0 Å². The van der Waals surface area contributed by atoms with Crippen molar-refractivity contribution in [3.05, 3.63) is 54.6 Å². The van der Waals surface area contributed by atoms with E-state index in [0.717, 1.165) is 12.8 Å². The maximum atomic E-state index is 13.8. The molecule has 2 aliphatic heterocycles. The van der Waals surface area contributed by atoms with Crippen LogP contribution in [0.3, 0.4) is 0 Å². The Balaban J connectivity index is 1.39. The SMILES string of the molecule is CC(C)(C)OC(=O)N[C@H]1CCCCC/C=C\[C@H]2C[C@@]2(C(=O)NS(=O)(=O)c2cccc3ccccc23)NC(=O)[C@@H]2CCCN2C1=O. The minimum Gasteiger partial charge on any atom is -0.444 e. The molecule has 5 rings (SSSR count). The lowest BCUT2D eigenvalue weighted by Gasteiger charge is -2.30. The van der Waals surface area contributed by atoms with Gasteiger partial charge in [0.05, 0.1) is 4.90 Å². The fourth-order valence-electron chi connectivity index (χ4n) is 6.24. The van der Waals surface area contributed by atoms with Crippen molar-refractivity contribution in [1.82, 2.24) is 20.3 Å². The van der Waals surface area contributed by atoms with E-state index >= 15 is 0 Å². The lowest BCUT2D eigenvalue weighted by atomic mass is 10.0. The molecule has 0 spiro atoms. The Bertz CT molecular complexity index is 1610. The van der Waals surface area contributed by atoms with Gasteiger partial charge in [0.2, 0.25) is 11.8 Å². The molecule has 0 unspecified atom stereocenters. The number of allylic oxidation sites excluding steroid dienone is 1. The lowest BCUT2D eigenvalue weighted by Crippen LogP contribution is -2.58. The molecule has 2 fully saturated rings. The van der Waals surface area contributed by atoms with E-state index in [2.05, 4.69) is 15.4 Å². The second-order valence-electron chi connectivity index (χ2n) is 13.1. The monoisotopic (exact) mass is 638 g/mol. The third-order valence-electron chi connectivity index (χ3n) is 8.59. The third kappa shape index (κ3) is 7.32. The van der Waals surface area contributed by atoms with Crippen molar-refractivity contribution < 1.29 is 32.3 Å². The number of alkyl carbamates (subject to hydrolysis) is 1. The van der Waals surface area contributed by atoms with Gasteiger partial charge in [-0.2, -0.15) is 0 Å². The zero-order chi connectivity index (χ0) is 32.4. The number of carbonyl (C=O) groups excluding carboxylic acids is 4. The molecule has 4 atom stereocenters. The van der Waals surface area contributed by atoms with Gasteiger partial charge in [-0.05, 0) is 70.7 Å². The van der Waals surface area contributed by atoms with Gasteiger partial charge in [-0.1, -0.05) is 61.4 Å². The van der Waals surface area contributed by atoms with Crippen LogP contribution >= 0.6 is 0 Å². The summed E-state index contributed by atoms with van der Waals surface area (Å²) < 4.78 is 34.7. The Morgan fingerprint density at radius 2 is 1.76 bits per heavy atom. The smallest absolute Gasteiger partial charge is 0.408 e. The standard InChI is InChI=1S/C33H42N4O7S/c1-32(2,3)44-31(41)34-25-17-8-6-4-5-7-15-23-21-33(23,35-28(38)26-18-12-20-37(26)29(25)39)30(40)36-45(42,43)27-19-11-14-22-13-9-10-16-24(22)27/h7,9-11,13-16,19,23,25-26H,4-6,8,12,17-18,20-21H2,1-3H3,(H,34,41)(H,35,38)(H,36,40)/b15-7-/t23-,25-,26-,33+/m0/s1. The second kappa shape index (κ2) is 12.8. The van der Waals surface area contributed by atoms with E-state index in [4.69, 9.17) is 4.74 Å². The number of ether oxygens (including phenoxy) is 1. The van der Waals surface area contributed by atoms with E-state index in [0.29, 0.717) is 49.4 Å². The van der Waals surface area contributed by atoms with Crippen molar-refractivity contribution in [2.75, 3.05) is 6.54 Å². The molecule has 1 saturated carbocycles. The molecule has 242 valence electrons. The van der Waals surface area contributed by atoms with Crippen LogP contribution < -0.4 is 15.4 Å². The van der Waals surface area contributed by atoms with Gasteiger partial charge in [0.1, 0.15) is 23.2 Å². The van der Waals surface area contributed by atoms with E-state index in [9.17, 15) is 27.6 Å². The number of nitrogens with one attached hydrogen (secondary N) is 3. The summed E-state index contributed by atoms with van der Waals surface area (Å²) in [6, 6.07) is 10.1. The summed E-state index contributed by atoms with van der Waals surface area (Å²) in [6.07, 6.45) is 7.73. The molecule has 4 amide bonds. The summed E-state index contributed by atoms with van der Waals surface area (Å²) in [7, 11) is -4.28. The van der Waals surface area contributed by atoms with Crippen molar-refractivity contribution in [2.24, 2.45) is 5.92 Å². The Hall–Kier alpha value is -3.93. The van der Waals surface area contributed by atoms with Crippen LogP contribution in [0.15, 0.2) is 59.5 Å². The summed E-state index contributed by atoms with van der Waals surface area (Å²) >= 11 is 0. The zero-order valence-electron chi connectivity index (χ0n) is 26.0. The van der Waals surface area contributed by atoms with Crippen molar-refractivity contribution in [1.29, 1.82) is 0 Å². The quantitative estimate of drug-likeness (QED) is 0.430. The first-order valence-electron chi connectivity index (χ1n) is 15.6. The molecule has 45 heavy (non-hydrogen) atoms. The zero-order valence-corrected chi connectivity index (χ0v) is 26.8. The van der Waals surface area contributed by atoms with E-state index in [-0.39, 0.29) is 17.2 Å². The molecular weight excluding hydrogens is 596 g/mol. The third-order valence-corrected chi connectivity index (χ3v) is 9.98. The highest BCUT2D eigenvalue weighted by molar-refractivity contribution is 7.90. The second-order valence-corrected chi connectivity index (χ2v) is 14.8. The summed E-state index contributed by atoms with van der Waals surface area (Å²) in [6.45, 7) is 5.54. The molecule has 2 aromatic carbocycles. The number of amides is 4. The van der Waals surface area contributed by atoms with Crippen LogP contribution in [0.2, 0.25) is 0 Å². The summed E-state index contributed by atoms with van der Waals surface area (Å²) in [4.78, 5) is 55.4. The molecule has 3 N–H and O–H groups in total. The Morgan fingerprint density at radius 3 is 2.53 bits per heavy atom. The highest BCUT2D eigenvalue weighted by Gasteiger charge is 2.61. The minimum atomic E-state index is -4.28. The van der Waals surface area contributed by atoms with Crippen molar-refractivity contribution >= 4 is 44.6 Å². The normalized spacial score (nSPS) is 26.8. The molecule has 2 heterocycles. The number of rotatable bonds is 4. The number of nitrogens with zero attached hydrogens (tertiary/aromatic N) is 1. The summed E-state index contributed by atoms with van der Waals surface area (Å²) in [5.41, 5.74) is -2.22. The fraction of sp³-hybridized carbons (Fsp3) is 0.515. The predicted molar refractivity (Wildman–Crippen MR) is 168 cm³/mol. The molecule has 2 aromatic rings. The van der Waals surface area contributed by atoms with Crippen LogP contribution in [-0.2, 0) is 29.1 Å². The van der Waals surface area contributed by atoms with E-state index in [1.165, 1.54) is 11.0 Å². The van der Waals surface area contributed by atoms with E-state index in [1.54, 1.807) is 57.2 Å². The Morgan fingerprint density at radius 1 is 1.00 bits per heavy atom. The van der Waals surface area contributed by atoms with Gasteiger partial charge in [0, 0.05) is 17.8 Å². The minimum absolute atomic E-state index is 0.0299. The largest absolute Gasteiger partial charge is 0.444 e. The first-order chi connectivity index (χ1) is 21.3. The fourth-order valence-corrected chi connectivity index (χ4v) is 7.51.